The third kappa shape index (κ3) is 2.83. The van der Waals surface area contributed by atoms with Crippen LogP contribution >= 0.6 is 0 Å². The standard InChI is InChI=1S/C14H13F2NO/c1-9-3-8-13(10(2)17-9)11-4-6-12(7-5-11)18-14(15)16/h3-8,14H,1-2H3. The van der Waals surface area contributed by atoms with E-state index in [4.69, 9.17) is 0 Å². The van der Waals surface area contributed by atoms with E-state index in [0.29, 0.717) is 0 Å². The molecule has 0 aliphatic rings. The fraction of sp³-hybridized carbons (Fsp3) is 0.214. The number of nitrogens with zero attached hydrogens (tertiary/aromatic N) is 1. The van der Waals surface area contributed by atoms with Gasteiger partial charge >= 0.3 is 6.61 Å². The lowest BCUT2D eigenvalue weighted by Gasteiger charge is -2.08. The molecule has 0 N–H and O–H groups in total. The van der Waals surface area contributed by atoms with Crippen LogP contribution in [0.5, 0.6) is 5.75 Å². The van der Waals surface area contributed by atoms with Crippen molar-refractivity contribution in [3.8, 4) is 16.9 Å². The molecular weight excluding hydrogens is 236 g/mol. The van der Waals surface area contributed by atoms with Crippen molar-refractivity contribution < 1.29 is 13.5 Å². The Hall–Kier alpha value is -1.97. The molecule has 1 aromatic heterocycles. The predicted octanol–water partition coefficient (Wildman–Crippen LogP) is 3.97. The highest BCUT2D eigenvalue weighted by Crippen LogP contribution is 2.25. The van der Waals surface area contributed by atoms with Crippen molar-refractivity contribution in [3.63, 3.8) is 0 Å². The molecule has 0 aliphatic carbocycles. The molecule has 0 amide bonds. The largest absolute Gasteiger partial charge is 0.435 e. The van der Waals surface area contributed by atoms with Crippen LogP contribution < -0.4 is 4.74 Å². The van der Waals surface area contributed by atoms with Gasteiger partial charge in [0, 0.05) is 17.0 Å². The number of hydrogen-bond donors (Lipinski definition) is 0. The fourth-order valence-corrected chi connectivity index (χ4v) is 1.81. The lowest BCUT2D eigenvalue weighted by Crippen LogP contribution is -2.01. The van der Waals surface area contributed by atoms with Crippen LogP contribution in [-0.4, -0.2) is 11.6 Å². The number of pyridine rings is 1. The normalized spacial score (nSPS) is 10.7. The van der Waals surface area contributed by atoms with E-state index in [-0.39, 0.29) is 5.75 Å². The highest BCUT2D eigenvalue weighted by Gasteiger charge is 2.06. The van der Waals surface area contributed by atoms with Crippen molar-refractivity contribution >= 4 is 0 Å². The van der Waals surface area contributed by atoms with Gasteiger partial charge < -0.3 is 4.74 Å². The van der Waals surface area contributed by atoms with Crippen molar-refractivity contribution in [1.82, 2.24) is 4.98 Å². The van der Waals surface area contributed by atoms with Crippen molar-refractivity contribution in [1.29, 1.82) is 0 Å². The maximum absolute atomic E-state index is 12.0. The average molecular weight is 249 g/mol. The fourth-order valence-electron chi connectivity index (χ4n) is 1.81. The zero-order chi connectivity index (χ0) is 13.1. The second-order valence-corrected chi connectivity index (χ2v) is 3.99. The predicted molar refractivity (Wildman–Crippen MR) is 65.8 cm³/mol. The molecule has 1 heterocycles. The first kappa shape index (κ1) is 12.5. The van der Waals surface area contributed by atoms with Crippen LogP contribution in [0.3, 0.4) is 0 Å². The van der Waals surface area contributed by atoms with Gasteiger partial charge in [0.2, 0.25) is 0 Å². The average Bonchev–Trinajstić information content (AvgIpc) is 2.30. The Bertz CT molecular complexity index is 538. The van der Waals surface area contributed by atoms with Crippen molar-refractivity contribution in [2.75, 3.05) is 0 Å². The summed E-state index contributed by atoms with van der Waals surface area (Å²) in [5, 5.41) is 0. The Morgan fingerprint density at radius 2 is 1.67 bits per heavy atom. The molecule has 2 nitrogen and oxygen atoms in total. The van der Waals surface area contributed by atoms with Crippen molar-refractivity contribution in [3.05, 3.63) is 47.8 Å². The van der Waals surface area contributed by atoms with Gasteiger partial charge in [-0.2, -0.15) is 8.78 Å². The number of hydrogen-bond acceptors (Lipinski definition) is 2. The van der Waals surface area contributed by atoms with Crippen LogP contribution in [0.15, 0.2) is 36.4 Å². The Kier molecular flexibility index (Phi) is 3.55. The quantitative estimate of drug-likeness (QED) is 0.821. The molecule has 2 aromatic rings. The van der Waals surface area contributed by atoms with Gasteiger partial charge in [0.25, 0.3) is 0 Å². The van der Waals surface area contributed by atoms with Crippen LogP contribution in [-0.2, 0) is 0 Å². The first-order valence-corrected chi connectivity index (χ1v) is 5.56. The molecular formula is C14H13F2NO. The third-order valence-corrected chi connectivity index (χ3v) is 2.62. The van der Waals surface area contributed by atoms with Crippen LogP contribution in [0.2, 0.25) is 0 Å². The van der Waals surface area contributed by atoms with Gasteiger partial charge in [-0.25, -0.2) is 0 Å². The van der Waals surface area contributed by atoms with Crippen molar-refractivity contribution in [2.24, 2.45) is 0 Å². The minimum atomic E-state index is -2.79. The molecule has 0 radical (unpaired) electrons. The molecule has 0 unspecified atom stereocenters. The van der Waals surface area contributed by atoms with E-state index in [9.17, 15) is 8.78 Å². The van der Waals surface area contributed by atoms with Crippen molar-refractivity contribution in [2.45, 2.75) is 20.5 Å². The van der Waals surface area contributed by atoms with Gasteiger partial charge in [-0.1, -0.05) is 18.2 Å². The highest BCUT2D eigenvalue weighted by molar-refractivity contribution is 5.66. The number of ether oxygens (including phenoxy) is 1. The Morgan fingerprint density at radius 1 is 1.00 bits per heavy atom. The molecule has 94 valence electrons. The first-order chi connectivity index (χ1) is 8.56. The van der Waals surface area contributed by atoms with E-state index in [1.165, 1.54) is 12.1 Å². The van der Waals surface area contributed by atoms with Gasteiger partial charge in [-0.3, -0.25) is 4.98 Å². The SMILES string of the molecule is Cc1ccc(-c2ccc(OC(F)F)cc2)c(C)n1. The molecule has 4 heteroatoms. The van der Waals surface area contributed by atoms with Crippen LogP contribution in [0, 0.1) is 13.8 Å². The Labute approximate surface area is 104 Å². The number of aromatic nitrogens is 1. The summed E-state index contributed by atoms with van der Waals surface area (Å²) in [5.41, 5.74) is 3.79. The molecule has 0 atom stereocenters. The summed E-state index contributed by atoms with van der Waals surface area (Å²) < 4.78 is 28.3. The number of benzene rings is 1. The molecule has 0 bridgehead atoms. The van der Waals surface area contributed by atoms with E-state index in [2.05, 4.69) is 9.72 Å². The summed E-state index contributed by atoms with van der Waals surface area (Å²) in [7, 11) is 0. The molecule has 0 saturated heterocycles. The Morgan fingerprint density at radius 3 is 2.22 bits per heavy atom. The third-order valence-electron chi connectivity index (χ3n) is 2.62. The van der Waals surface area contributed by atoms with E-state index in [0.717, 1.165) is 22.5 Å². The van der Waals surface area contributed by atoms with Gasteiger partial charge in [0.05, 0.1) is 0 Å². The van der Waals surface area contributed by atoms with Gasteiger partial charge in [0.1, 0.15) is 5.75 Å². The minimum absolute atomic E-state index is 0.159. The lowest BCUT2D eigenvalue weighted by molar-refractivity contribution is -0.0498. The molecule has 0 aliphatic heterocycles. The minimum Gasteiger partial charge on any atom is -0.435 e. The highest BCUT2D eigenvalue weighted by atomic mass is 19.3. The van der Waals surface area contributed by atoms with E-state index in [1.54, 1.807) is 12.1 Å². The molecule has 18 heavy (non-hydrogen) atoms. The van der Waals surface area contributed by atoms with Crippen LogP contribution in [0.1, 0.15) is 11.4 Å². The molecule has 0 saturated carbocycles. The number of aryl methyl sites for hydroxylation is 2. The summed E-state index contributed by atoms with van der Waals surface area (Å²) in [6.45, 7) is 1.06. The Balaban J connectivity index is 2.28. The maximum atomic E-state index is 12.0. The molecule has 2 rings (SSSR count). The molecule has 1 aromatic carbocycles. The second kappa shape index (κ2) is 5.12. The van der Waals surface area contributed by atoms with E-state index in [1.807, 2.05) is 26.0 Å². The van der Waals surface area contributed by atoms with Crippen LogP contribution in [0.25, 0.3) is 11.1 Å². The summed E-state index contributed by atoms with van der Waals surface area (Å²) >= 11 is 0. The number of alkyl halides is 2. The van der Waals surface area contributed by atoms with Gasteiger partial charge in [-0.15, -0.1) is 0 Å². The lowest BCUT2D eigenvalue weighted by atomic mass is 10.0. The van der Waals surface area contributed by atoms with Gasteiger partial charge in [0.15, 0.2) is 0 Å². The monoisotopic (exact) mass is 249 g/mol. The molecule has 0 spiro atoms. The summed E-state index contributed by atoms with van der Waals surface area (Å²) in [6, 6.07) is 10.4. The zero-order valence-electron chi connectivity index (χ0n) is 10.2. The summed E-state index contributed by atoms with van der Waals surface area (Å²) in [6.07, 6.45) is 0. The van der Waals surface area contributed by atoms with Crippen LogP contribution in [0.4, 0.5) is 8.78 Å². The maximum Gasteiger partial charge on any atom is 0.387 e. The van der Waals surface area contributed by atoms with Gasteiger partial charge in [-0.05, 0) is 37.6 Å². The number of rotatable bonds is 3. The summed E-state index contributed by atoms with van der Waals surface area (Å²) in [4.78, 5) is 4.37. The topological polar surface area (TPSA) is 22.1 Å². The number of halogens is 2. The first-order valence-electron chi connectivity index (χ1n) is 5.56. The van der Waals surface area contributed by atoms with E-state index >= 15 is 0 Å². The summed E-state index contributed by atoms with van der Waals surface area (Å²) in [5.74, 6) is 0.159. The smallest absolute Gasteiger partial charge is 0.387 e. The molecule has 0 fully saturated rings. The zero-order valence-corrected chi connectivity index (χ0v) is 10.2. The second-order valence-electron chi connectivity index (χ2n) is 3.99. The van der Waals surface area contributed by atoms with E-state index < -0.39 is 6.61 Å².